The van der Waals surface area contributed by atoms with Gasteiger partial charge in [0, 0.05) is 18.8 Å². The van der Waals surface area contributed by atoms with Crippen LogP contribution in [0.3, 0.4) is 0 Å². The lowest BCUT2D eigenvalue weighted by Gasteiger charge is -2.24. The second kappa shape index (κ2) is 3.98. The minimum absolute atomic E-state index is 0.618. The fraction of sp³-hybridized carbons (Fsp3) is 0.429. The Bertz CT molecular complexity index is 726. The maximum Gasteiger partial charge on any atom is 0.211 e. The molecule has 1 aliphatic rings. The molecule has 1 saturated heterocycles. The number of anilines is 1. The standard InChI is InChI=1S/C14H17N5/c1-2-10-4-3-7-18(10)14-17-9-11-8-16-13-12(19(11)14)5-6-15-13/h5-6,8-10,15H,2-4,7H2,1H3/t10-/m1/s1. The molecular formula is C14H17N5. The summed E-state index contributed by atoms with van der Waals surface area (Å²) >= 11 is 0. The molecule has 5 nitrogen and oxygen atoms in total. The van der Waals surface area contributed by atoms with E-state index in [-0.39, 0.29) is 0 Å². The van der Waals surface area contributed by atoms with Crippen LogP contribution < -0.4 is 4.90 Å². The molecule has 0 bridgehead atoms. The summed E-state index contributed by atoms with van der Waals surface area (Å²) in [5, 5.41) is 0. The Hall–Kier alpha value is -2.04. The second-order valence-electron chi connectivity index (χ2n) is 5.19. The van der Waals surface area contributed by atoms with E-state index in [2.05, 4.69) is 37.2 Å². The zero-order valence-corrected chi connectivity index (χ0v) is 11.0. The first-order valence-corrected chi connectivity index (χ1v) is 6.94. The van der Waals surface area contributed by atoms with Gasteiger partial charge in [0.05, 0.1) is 23.4 Å². The van der Waals surface area contributed by atoms with Crippen LogP contribution in [0.15, 0.2) is 24.7 Å². The highest BCUT2D eigenvalue weighted by Gasteiger charge is 2.26. The van der Waals surface area contributed by atoms with Gasteiger partial charge in [-0.3, -0.25) is 4.40 Å². The SMILES string of the molecule is CC[C@@H]1CCCN1c1ncc2cnc3[nH]ccc3n12. The van der Waals surface area contributed by atoms with Crippen molar-refractivity contribution >= 4 is 22.6 Å². The van der Waals surface area contributed by atoms with E-state index < -0.39 is 0 Å². The molecule has 3 aromatic rings. The van der Waals surface area contributed by atoms with E-state index in [1.165, 1.54) is 19.3 Å². The second-order valence-corrected chi connectivity index (χ2v) is 5.19. The molecule has 0 aromatic carbocycles. The van der Waals surface area contributed by atoms with Gasteiger partial charge in [0.1, 0.15) is 0 Å². The van der Waals surface area contributed by atoms with Crippen molar-refractivity contribution in [3.8, 4) is 0 Å². The third kappa shape index (κ3) is 1.47. The van der Waals surface area contributed by atoms with Crippen LogP contribution in [0.25, 0.3) is 16.7 Å². The van der Waals surface area contributed by atoms with Crippen LogP contribution in [0, 0.1) is 0 Å². The maximum absolute atomic E-state index is 4.64. The quantitative estimate of drug-likeness (QED) is 0.765. The number of fused-ring (bicyclic) bond motifs is 3. The lowest BCUT2D eigenvalue weighted by Crippen LogP contribution is -2.30. The van der Waals surface area contributed by atoms with Crippen LogP contribution in [0.1, 0.15) is 26.2 Å². The number of nitrogens with zero attached hydrogens (tertiary/aromatic N) is 4. The van der Waals surface area contributed by atoms with Gasteiger partial charge in [0.15, 0.2) is 5.65 Å². The highest BCUT2D eigenvalue weighted by atomic mass is 15.3. The van der Waals surface area contributed by atoms with E-state index in [9.17, 15) is 0 Å². The van der Waals surface area contributed by atoms with Crippen molar-refractivity contribution < 1.29 is 0 Å². The summed E-state index contributed by atoms with van der Waals surface area (Å²) in [6.07, 6.45) is 9.44. The highest BCUT2D eigenvalue weighted by Crippen LogP contribution is 2.28. The number of rotatable bonds is 2. The van der Waals surface area contributed by atoms with Crippen LogP contribution in [0.5, 0.6) is 0 Å². The molecule has 1 atom stereocenters. The van der Waals surface area contributed by atoms with Gasteiger partial charge in [-0.05, 0) is 25.3 Å². The average molecular weight is 255 g/mol. The molecule has 0 amide bonds. The summed E-state index contributed by atoms with van der Waals surface area (Å²) < 4.78 is 2.22. The summed E-state index contributed by atoms with van der Waals surface area (Å²) in [4.78, 5) is 14.7. The number of H-pyrrole nitrogens is 1. The Morgan fingerprint density at radius 1 is 1.37 bits per heavy atom. The lowest BCUT2D eigenvalue weighted by atomic mass is 10.2. The Labute approximate surface area is 111 Å². The molecule has 19 heavy (non-hydrogen) atoms. The van der Waals surface area contributed by atoms with Crippen molar-refractivity contribution in [2.75, 3.05) is 11.4 Å². The summed E-state index contributed by atoms with van der Waals surface area (Å²) in [5.74, 6) is 1.06. The van der Waals surface area contributed by atoms with E-state index in [4.69, 9.17) is 0 Å². The molecule has 0 spiro atoms. The van der Waals surface area contributed by atoms with Gasteiger partial charge in [0.25, 0.3) is 0 Å². The van der Waals surface area contributed by atoms with Crippen molar-refractivity contribution in [2.24, 2.45) is 0 Å². The summed E-state index contributed by atoms with van der Waals surface area (Å²) in [5.41, 5.74) is 3.08. The van der Waals surface area contributed by atoms with Gasteiger partial charge in [-0.2, -0.15) is 0 Å². The van der Waals surface area contributed by atoms with E-state index in [0.717, 1.165) is 29.2 Å². The van der Waals surface area contributed by atoms with Crippen molar-refractivity contribution in [3.63, 3.8) is 0 Å². The number of aromatic amines is 1. The van der Waals surface area contributed by atoms with E-state index in [1.54, 1.807) is 0 Å². The predicted octanol–water partition coefficient (Wildman–Crippen LogP) is 2.59. The van der Waals surface area contributed by atoms with Crippen molar-refractivity contribution in [1.29, 1.82) is 0 Å². The predicted molar refractivity (Wildman–Crippen MR) is 75.5 cm³/mol. The third-order valence-electron chi connectivity index (χ3n) is 4.15. The van der Waals surface area contributed by atoms with Crippen molar-refractivity contribution in [2.45, 2.75) is 32.2 Å². The van der Waals surface area contributed by atoms with Gasteiger partial charge in [-0.25, -0.2) is 9.97 Å². The maximum atomic E-state index is 4.64. The molecule has 0 aliphatic carbocycles. The molecule has 1 fully saturated rings. The first-order chi connectivity index (χ1) is 9.38. The van der Waals surface area contributed by atoms with Gasteiger partial charge < -0.3 is 9.88 Å². The minimum Gasteiger partial charge on any atom is -0.345 e. The van der Waals surface area contributed by atoms with Crippen LogP contribution in [0.4, 0.5) is 5.95 Å². The number of hydrogen-bond acceptors (Lipinski definition) is 3. The Morgan fingerprint density at radius 2 is 2.26 bits per heavy atom. The summed E-state index contributed by atoms with van der Waals surface area (Å²) in [6.45, 7) is 3.36. The lowest BCUT2D eigenvalue weighted by molar-refractivity contribution is 0.634. The van der Waals surface area contributed by atoms with Crippen LogP contribution >= 0.6 is 0 Å². The molecule has 4 rings (SSSR count). The van der Waals surface area contributed by atoms with Crippen LogP contribution in [0.2, 0.25) is 0 Å². The zero-order valence-electron chi connectivity index (χ0n) is 11.0. The molecule has 3 aromatic heterocycles. The first kappa shape index (κ1) is 10.8. The Morgan fingerprint density at radius 3 is 3.16 bits per heavy atom. The topological polar surface area (TPSA) is 49.2 Å². The molecule has 0 radical (unpaired) electrons. The smallest absolute Gasteiger partial charge is 0.211 e. The van der Waals surface area contributed by atoms with Gasteiger partial charge in [-0.15, -0.1) is 0 Å². The largest absolute Gasteiger partial charge is 0.345 e. The normalized spacial score (nSPS) is 19.8. The van der Waals surface area contributed by atoms with E-state index in [0.29, 0.717) is 6.04 Å². The molecule has 1 N–H and O–H groups in total. The number of nitrogens with one attached hydrogen (secondary N) is 1. The van der Waals surface area contributed by atoms with Gasteiger partial charge in [0.2, 0.25) is 5.95 Å². The van der Waals surface area contributed by atoms with Crippen molar-refractivity contribution in [1.82, 2.24) is 19.4 Å². The van der Waals surface area contributed by atoms with E-state index >= 15 is 0 Å². The molecule has 0 saturated carbocycles. The monoisotopic (exact) mass is 255 g/mol. The molecule has 4 heterocycles. The Kier molecular flexibility index (Phi) is 2.27. The summed E-state index contributed by atoms with van der Waals surface area (Å²) in [7, 11) is 0. The fourth-order valence-electron chi connectivity index (χ4n) is 3.19. The molecule has 98 valence electrons. The van der Waals surface area contributed by atoms with Crippen LogP contribution in [-0.4, -0.2) is 31.9 Å². The summed E-state index contributed by atoms with van der Waals surface area (Å²) in [6, 6.07) is 2.69. The number of imidazole rings is 1. The minimum atomic E-state index is 0.618. The molecule has 5 heteroatoms. The van der Waals surface area contributed by atoms with Crippen molar-refractivity contribution in [3.05, 3.63) is 24.7 Å². The number of aromatic nitrogens is 4. The number of hydrogen-bond donors (Lipinski definition) is 1. The first-order valence-electron chi connectivity index (χ1n) is 6.94. The third-order valence-corrected chi connectivity index (χ3v) is 4.15. The fourth-order valence-corrected chi connectivity index (χ4v) is 3.19. The highest BCUT2D eigenvalue weighted by molar-refractivity contribution is 5.77. The van der Waals surface area contributed by atoms with Gasteiger partial charge in [-0.1, -0.05) is 6.92 Å². The molecular weight excluding hydrogens is 238 g/mol. The van der Waals surface area contributed by atoms with Crippen LogP contribution in [-0.2, 0) is 0 Å². The van der Waals surface area contributed by atoms with E-state index in [1.807, 2.05) is 18.6 Å². The van der Waals surface area contributed by atoms with Gasteiger partial charge >= 0.3 is 0 Å². The molecule has 1 aliphatic heterocycles. The Balaban J connectivity index is 1.96. The molecule has 0 unspecified atom stereocenters. The average Bonchev–Trinajstić information content (AvgIpc) is 3.15. The zero-order chi connectivity index (χ0) is 12.8.